The van der Waals surface area contributed by atoms with Gasteiger partial charge in [0.2, 0.25) is 11.8 Å². The summed E-state index contributed by atoms with van der Waals surface area (Å²) in [6.07, 6.45) is 4.56. The topological polar surface area (TPSA) is 72.9 Å². The summed E-state index contributed by atoms with van der Waals surface area (Å²) in [4.78, 5) is 39.8. The lowest BCUT2D eigenvalue weighted by Crippen LogP contribution is -2.32. The second kappa shape index (κ2) is 8.14. The first-order valence-electron chi connectivity index (χ1n) is 9.96. The highest BCUT2D eigenvalue weighted by atomic mass is 16.5. The molecule has 0 spiro atoms. The maximum Gasteiger partial charge on any atom is 0.315 e. The van der Waals surface area contributed by atoms with Gasteiger partial charge in [-0.1, -0.05) is 43.3 Å². The monoisotopic (exact) mass is 405 g/mol. The quantitative estimate of drug-likeness (QED) is 0.329. The standard InChI is InChI=1S/C24H23NO5/c1-15-6-5-7-18-22(15)24(28)25(23(18)27)19-8-3-4-9-20(19)30-21(26)14-16-10-12-17(29-2)13-11-16/h3-6,8-13,15,18,22H,7,14H2,1-2H3. The molecule has 3 unspecified atom stereocenters. The van der Waals surface area contributed by atoms with Crippen LogP contribution in [-0.2, 0) is 20.8 Å². The fourth-order valence-corrected chi connectivity index (χ4v) is 4.18. The maximum atomic E-state index is 13.1. The molecule has 1 saturated heterocycles. The zero-order chi connectivity index (χ0) is 21.3. The molecule has 6 heteroatoms. The van der Waals surface area contributed by atoms with Gasteiger partial charge in [0.05, 0.1) is 31.1 Å². The van der Waals surface area contributed by atoms with Gasteiger partial charge in [0.15, 0.2) is 5.75 Å². The minimum absolute atomic E-state index is 0.00464. The van der Waals surface area contributed by atoms with Gasteiger partial charge >= 0.3 is 5.97 Å². The summed E-state index contributed by atoms with van der Waals surface area (Å²) in [6.45, 7) is 1.95. The molecule has 2 amide bonds. The Balaban J connectivity index is 1.55. The predicted molar refractivity (Wildman–Crippen MR) is 111 cm³/mol. The number of hydrogen-bond acceptors (Lipinski definition) is 5. The van der Waals surface area contributed by atoms with E-state index in [-0.39, 0.29) is 41.7 Å². The van der Waals surface area contributed by atoms with Crippen LogP contribution < -0.4 is 14.4 Å². The van der Waals surface area contributed by atoms with Crippen LogP contribution in [0.2, 0.25) is 0 Å². The number of carbonyl (C=O) groups excluding carboxylic acids is 3. The number of para-hydroxylation sites is 2. The van der Waals surface area contributed by atoms with E-state index >= 15 is 0 Å². The van der Waals surface area contributed by atoms with Crippen LogP contribution in [0, 0.1) is 17.8 Å². The van der Waals surface area contributed by atoms with E-state index in [1.807, 2.05) is 19.1 Å². The lowest BCUT2D eigenvalue weighted by atomic mass is 9.78. The number of imide groups is 1. The molecule has 0 N–H and O–H groups in total. The van der Waals surface area contributed by atoms with Crippen molar-refractivity contribution in [1.82, 2.24) is 0 Å². The first kappa shape index (κ1) is 19.9. The van der Waals surface area contributed by atoms with E-state index in [1.165, 1.54) is 4.90 Å². The number of rotatable bonds is 5. The summed E-state index contributed by atoms with van der Waals surface area (Å²) < 4.78 is 10.7. The summed E-state index contributed by atoms with van der Waals surface area (Å²) in [6, 6.07) is 13.8. The lowest BCUT2D eigenvalue weighted by molar-refractivity contribution is -0.134. The highest BCUT2D eigenvalue weighted by Gasteiger charge is 2.51. The molecule has 1 aliphatic carbocycles. The van der Waals surface area contributed by atoms with Crippen molar-refractivity contribution in [2.24, 2.45) is 17.8 Å². The summed E-state index contributed by atoms with van der Waals surface area (Å²) in [5.74, 6) is -0.772. The van der Waals surface area contributed by atoms with Crippen molar-refractivity contribution < 1.29 is 23.9 Å². The molecule has 0 saturated carbocycles. The fourth-order valence-electron chi connectivity index (χ4n) is 4.18. The average Bonchev–Trinajstić information content (AvgIpc) is 3.00. The number of anilines is 1. The Morgan fingerprint density at radius 3 is 2.50 bits per heavy atom. The third-order valence-electron chi connectivity index (χ3n) is 5.71. The van der Waals surface area contributed by atoms with Crippen LogP contribution in [-0.4, -0.2) is 24.9 Å². The largest absolute Gasteiger partial charge is 0.497 e. The van der Waals surface area contributed by atoms with Crippen LogP contribution in [0.5, 0.6) is 11.5 Å². The number of nitrogens with zero attached hydrogens (tertiary/aromatic N) is 1. The molecular weight excluding hydrogens is 382 g/mol. The van der Waals surface area contributed by atoms with Crippen molar-refractivity contribution in [3.8, 4) is 11.5 Å². The number of ether oxygens (including phenoxy) is 2. The molecule has 3 atom stereocenters. The van der Waals surface area contributed by atoms with Crippen LogP contribution in [0.15, 0.2) is 60.7 Å². The normalized spacial score (nSPS) is 22.7. The van der Waals surface area contributed by atoms with Crippen LogP contribution in [0.3, 0.4) is 0 Å². The number of fused-ring (bicyclic) bond motifs is 1. The molecule has 1 heterocycles. The predicted octanol–water partition coefficient (Wildman–Crippen LogP) is 3.54. The second-order valence-electron chi connectivity index (χ2n) is 7.63. The number of benzene rings is 2. The zero-order valence-electron chi connectivity index (χ0n) is 16.9. The van der Waals surface area contributed by atoms with E-state index in [2.05, 4.69) is 0 Å². The molecule has 6 nitrogen and oxygen atoms in total. The van der Waals surface area contributed by atoms with Gasteiger partial charge in [0, 0.05) is 0 Å². The van der Waals surface area contributed by atoms with Gasteiger partial charge in [0.25, 0.3) is 0 Å². The number of carbonyl (C=O) groups is 3. The van der Waals surface area contributed by atoms with Crippen molar-refractivity contribution in [3.63, 3.8) is 0 Å². The minimum Gasteiger partial charge on any atom is -0.497 e. The van der Waals surface area contributed by atoms with E-state index in [1.54, 1.807) is 55.6 Å². The second-order valence-corrected chi connectivity index (χ2v) is 7.63. The Kier molecular flexibility index (Phi) is 5.40. The molecular formula is C24H23NO5. The molecule has 2 aliphatic rings. The van der Waals surface area contributed by atoms with Crippen molar-refractivity contribution >= 4 is 23.5 Å². The smallest absolute Gasteiger partial charge is 0.315 e. The minimum atomic E-state index is -0.473. The van der Waals surface area contributed by atoms with E-state index < -0.39 is 5.97 Å². The fraction of sp³-hybridized carbons (Fsp3) is 0.292. The van der Waals surface area contributed by atoms with Crippen LogP contribution in [0.25, 0.3) is 0 Å². The summed E-state index contributed by atoms with van der Waals surface area (Å²) in [5, 5.41) is 0. The molecule has 2 aromatic carbocycles. The van der Waals surface area contributed by atoms with Gasteiger partial charge in [-0.05, 0) is 42.2 Å². The summed E-state index contributed by atoms with van der Waals surface area (Å²) >= 11 is 0. The molecule has 0 aromatic heterocycles. The van der Waals surface area contributed by atoms with Crippen LogP contribution in [0.1, 0.15) is 18.9 Å². The number of hydrogen-bond donors (Lipinski definition) is 0. The van der Waals surface area contributed by atoms with Gasteiger partial charge in [-0.2, -0.15) is 0 Å². The Morgan fingerprint density at radius 2 is 1.80 bits per heavy atom. The van der Waals surface area contributed by atoms with E-state index in [4.69, 9.17) is 9.47 Å². The lowest BCUT2D eigenvalue weighted by Gasteiger charge is -2.22. The van der Waals surface area contributed by atoms with E-state index in [0.29, 0.717) is 17.9 Å². The highest BCUT2D eigenvalue weighted by molar-refractivity contribution is 6.23. The molecule has 0 bridgehead atoms. The van der Waals surface area contributed by atoms with Gasteiger partial charge in [-0.15, -0.1) is 0 Å². The van der Waals surface area contributed by atoms with Crippen LogP contribution in [0.4, 0.5) is 5.69 Å². The number of allylic oxidation sites excluding steroid dienone is 2. The molecule has 4 rings (SSSR count). The van der Waals surface area contributed by atoms with Gasteiger partial charge in [0.1, 0.15) is 5.75 Å². The third-order valence-corrected chi connectivity index (χ3v) is 5.71. The maximum absolute atomic E-state index is 13.1. The summed E-state index contributed by atoms with van der Waals surface area (Å²) in [5.41, 5.74) is 1.09. The van der Waals surface area contributed by atoms with E-state index in [9.17, 15) is 14.4 Å². The first-order valence-corrected chi connectivity index (χ1v) is 9.96. The number of methoxy groups -OCH3 is 1. The number of esters is 1. The Bertz CT molecular complexity index is 1010. The Morgan fingerprint density at radius 1 is 1.07 bits per heavy atom. The van der Waals surface area contributed by atoms with E-state index in [0.717, 1.165) is 5.56 Å². The zero-order valence-corrected chi connectivity index (χ0v) is 16.9. The molecule has 2 aromatic rings. The first-order chi connectivity index (χ1) is 14.5. The average molecular weight is 405 g/mol. The summed E-state index contributed by atoms with van der Waals surface area (Å²) in [7, 11) is 1.58. The van der Waals surface area contributed by atoms with Gasteiger partial charge in [-0.25, -0.2) is 4.90 Å². The molecule has 0 radical (unpaired) electrons. The SMILES string of the molecule is COc1ccc(CC(=O)Oc2ccccc2N2C(=O)C3CC=CC(C)C3C2=O)cc1. The van der Waals surface area contributed by atoms with Crippen molar-refractivity contribution in [1.29, 1.82) is 0 Å². The molecule has 1 fully saturated rings. The van der Waals surface area contributed by atoms with Crippen molar-refractivity contribution in [3.05, 3.63) is 66.2 Å². The van der Waals surface area contributed by atoms with Crippen LogP contribution >= 0.6 is 0 Å². The Labute approximate surface area is 175 Å². The van der Waals surface area contributed by atoms with Gasteiger partial charge in [-0.3, -0.25) is 14.4 Å². The third kappa shape index (κ3) is 3.61. The Hall–Kier alpha value is -3.41. The van der Waals surface area contributed by atoms with Crippen molar-refractivity contribution in [2.45, 2.75) is 19.8 Å². The number of amides is 2. The van der Waals surface area contributed by atoms with Crippen molar-refractivity contribution in [2.75, 3.05) is 12.0 Å². The molecule has 1 aliphatic heterocycles. The highest BCUT2D eigenvalue weighted by Crippen LogP contribution is 2.42. The molecule has 30 heavy (non-hydrogen) atoms. The van der Waals surface area contributed by atoms with Gasteiger partial charge < -0.3 is 9.47 Å². The molecule has 154 valence electrons.